The molecule has 7 heterocycles. The Labute approximate surface area is 503 Å². The lowest BCUT2D eigenvalue weighted by Crippen LogP contribution is -2.65. The maximum absolute atomic E-state index is 14.0. The molecular weight excluding hydrogens is 1110 g/mol. The van der Waals surface area contributed by atoms with E-state index < -0.39 is 118 Å². The van der Waals surface area contributed by atoms with Crippen molar-refractivity contribution < 1.29 is 76.4 Å². The molecule has 4 N–H and O–H groups in total. The number of carbonyl (C=O) groups excluding carboxylic acids is 3. The summed E-state index contributed by atoms with van der Waals surface area (Å²) in [6, 6.07) is 4.69. The molecule has 0 spiro atoms. The zero-order chi connectivity index (χ0) is 62.0. The summed E-state index contributed by atoms with van der Waals surface area (Å²) in [5, 5.41) is 38.7. The van der Waals surface area contributed by atoms with Gasteiger partial charge in [0.1, 0.15) is 48.7 Å². The summed E-state index contributed by atoms with van der Waals surface area (Å²) in [6.45, 7) is 22.0. The van der Waals surface area contributed by atoms with Crippen LogP contribution in [0.2, 0.25) is 18.1 Å². The lowest BCUT2D eigenvalue weighted by molar-refractivity contribution is -0.343. The number of anilines is 1. The number of pyridine rings is 1. The molecule has 5 aliphatic heterocycles. The number of aromatic nitrogens is 4. The molecule has 5 aliphatic rings. The van der Waals surface area contributed by atoms with Crippen LogP contribution in [0.15, 0.2) is 54.9 Å². The van der Waals surface area contributed by atoms with Gasteiger partial charge in [0.15, 0.2) is 33.3 Å². The van der Waals surface area contributed by atoms with Gasteiger partial charge in [0.25, 0.3) is 0 Å². The first-order valence-corrected chi connectivity index (χ1v) is 33.4. The predicted octanol–water partition coefficient (Wildman–Crippen LogP) is 6.37. The molecule has 0 aromatic carbocycles. The number of fused-ring (bicyclic) bond motifs is 3. The number of ether oxygens (including phenoxy) is 10. The lowest BCUT2D eigenvalue weighted by Gasteiger charge is -2.50. The third-order valence-corrected chi connectivity index (χ3v) is 22.1. The van der Waals surface area contributed by atoms with E-state index in [0.717, 1.165) is 6.42 Å². The first kappa shape index (κ1) is 68.4. The number of rotatable bonds is 19. The van der Waals surface area contributed by atoms with Crippen LogP contribution in [0.25, 0.3) is 0 Å². The van der Waals surface area contributed by atoms with Crippen LogP contribution in [-0.2, 0) is 79.1 Å². The van der Waals surface area contributed by atoms with Crippen LogP contribution in [0.3, 0.4) is 0 Å². The van der Waals surface area contributed by atoms with E-state index in [1.54, 1.807) is 51.6 Å². The van der Waals surface area contributed by atoms with Crippen molar-refractivity contribution in [1.29, 1.82) is 0 Å². The number of allylic oxidation sites excluding steroid dienone is 2. The molecule has 0 aliphatic carbocycles. The molecule has 23 nitrogen and oxygen atoms in total. The van der Waals surface area contributed by atoms with E-state index in [2.05, 4.69) is 79.7 Å². The molecule has 0 radical (unpaired) electrons. The van der Waals surface area contributed by atoms with Gasteiger partial charge in [-0.25, -0.2) is 9.67 Å². The van der Waals surface area contributed by atoms with Crippen LogP contribution < -0.4 is 10.6 Å². The fourth-order valence-corrected chi connectivity index (χ4v) is 13.2. The molecule has 1 amide bonds. The molecule has 7 rings (SSSR count). The van der Waals surface area contributed by atoms with Crippen molar-refractivity contribution >= 4 is 32.0 Å². The van der Waals surface area contributed by atoms with E-state index in [0.29, 0.717) is 50.0 Å². The van der Waals surface area contributed by atoms with E-state index in [-0.39, 0.29) is 60.7 Å². The average Bonchev–Trinajstić information content (AvgIpc) is 3.97. The topological polar surface area (TPSA) is 264 Å². The lowest BCUT2D eigenvalue weighted by atomic mass is 9.82. The number of aliphatic hydroxyl groups excluding tert-OH is 1. The van der Waals surface area contributed by atoms with Gasteiger partial charge in [-0.05, 0) is 130 Å². The smallest absolute Gasteiger partial charge is 0.308 e. The molecule has 2 aromatic rings. The standard InChI is InChI=1S/C61H99N7O16Si/c1-36-30-41-31-51(84-85(14,15)60(6,7)8)80-45(32-49(71)75-37(2)22-17-16-18-24-44(36)79-50-28-27-43(62-10)38(3)76-50)57(74-13)56(41)83-59-54(72)53(67(11)12)55(39(4)78-59)82-52-33-61(9,73)58(40(5)77-52)81-48(70)26-21-23-42-34-68(66-65-42)35-47(69)64-46-25-19-20-29-63-46/h16-20,24-25,29,34,36-41,43-45,50-59,62,72-73H,21-23,26-28,30-33,35H2,1-15H3,(H,63,64,69)/b17-16-,24-18-/t36-,37-,38-,39-,40+,41-,43+,44+,45-,50+,51?,52+,53-,54-,55-,56+,57+,58+,59+,61-/m1/s1. The minimum Gasteiger partial charge on any atom is -0.462 e. The van der Waals surface area contributed by atoms with Crippen molar-refractivity contribution in [3.05, 3.63) is 60.6 Å². The van der Waals surface area contributed by atoms with Gasteiger partial charge < -0.3 is 77.5 Å². The van der Waals surface area contributed by atoms with Gasteiger partial charge in [0.05, 0.1) is 54.8 Å². The molecular formula is C61H99N7O16Si. The zero-order valence-electron chi connectivity index (χ0n) is 52.8. The minimum absolute atomic E-state index is 0.0302. The summed E-state index contributed by atoms with van der Waals surface area (Å²) in [6.07, 6.45) is 3.21. The first-order valence-electron chi connectivity index (χ1n) is 30.5. The van der Waals surface area contributed by atoms with Crippen molar-refractivity contribution in [2.75, 3.05) is 33.6 Å². The predicted molar refractivity (Wildman–Crippen MR) is 317 cm³/mol. The van der Waals surface area contributed by atoms with Crippen molar-refractivity contribution in [2.24, 2.45) is 11.8 Å². The van der Waals surface area contributed by atoms with E-state index in [1.807, 2.05) is 58.1 Å². The van der Waals surface area contributed by atoms with Crippen LogP contribution in [0, 0.1) is 11.8 Å². The summed E-state index contributed by atoms with van der Waals surface area (Å²) >= 11 is 0. The Bertz CT molecular complexity index is 2500. The first-order chi connectivity index (χ1) is 40.1. The maximum Gasteiger partial charge on any atom is 0.308 e. The summed E-state index contributed by atoms with van der Waals surface area (Å²) in [5.41, 5.74) is -0.977. The monoisotopic (exact) mass is 1210 g/mol. The van der Waals surface area contributed by atoms with Gasteiger partial charge in [-0.2, -0.15) is 0 Å². The molecule has 1 unspecified atom stereocenters. The molecule has 2 aromatic heterocycles. The van der Waals surface area contributed by atoms with Crippen LogP contribution in [0.4, 0.5) is 5.82 Å². The molecule has 4 saturated heterocycles. The van der Waals surface area contributed by atoms with Crippen LogP contribution in [0.1, 0.15) is 126 Å². The number of likely N-dealkylation sites (N-methyl/N-ethyl adjacent to an activating group) is 2. The number of cyclic esters (lactones) is 1. The van der Waals surface area contributed by atoms with Gasteiger partial charge in [0, 0.05) is 51.2 Å². The highest BCUT2D eigenvalue weighted by atomic mass is 28.4. The SMILES string of the molecule is CN[C@H]1CC[C@H](O[C@H]2/C=C\C=C/C[C@@H](C)OC(=O)C[C@H]3OC(O[Si](C)(C)C(C)(C)C)C[C@@H](C[C@H]2C)[C@H](O[C@@H]2O[C@H](C)[C@@H](O[C@H]4C[C@@](C)(O)[C@@H](OC(=O)CCCc5cn(CC(=O)Nc6ccccn6)nn5)[C@H](C)O4)[C@H](N(C)C)[C@H]2O)[C@H]3OC)O[C@@H]1C. The Kier molecular flexibility index (Phi) is 24.4. The molecule has 20 atom stereocenters. The summed E-state index contributed by atoms with van der Waals surface area (Å²) in [5.74, 6) is -1.37. The van der Waals surface area contributed by atoms with Gasteiger partial charge in [-0.1, -0.05) is 63.3 Å². The summed E-state index contributed by atoms with van der Waals surface area (Å²) in [4.78, 5) is 45.7. The number of aliphatic hydroxyl groups is 2. The summed E-state index contributed by atoms with van der Waals surface area (Å²) in [7, 11) is 4.69. The second-order valence-electron chi connectivity index (χ2n) is 25.9. The fraction of sp³-hybridized carbons (Fsp3) is 0.770. The number of methoxy groups -OCH3 is 1. The number of esters is 2. The third-order valence-electron chi connectivity index (χ3n) is 17.6. The fourth-order valence-electron chi connectivity index (χ4n) is 12.0. The largest absolute Gasteiger partial charge is 0.462 e. The average molecular weight is 1210 g/mol. The number of amides is 1. The highest BCUT2D eigenvalue weighted by Gasteiger charge is 2.54. The van der Waals surface area contributed by atoms with Crippen molar-refractivity contribution in [2.45, 2.75) is 261 Å². The van der Waals surface area contributed by atoms with E-state index in [4.69, 9.17) is 51.8 Å². The number of aryl methyl sites for hydroxylation is 1. The number of carbonyl (C=O) groups is 3. The van der Waals surface area contributed by atoms with Crippen molar-refractivity contribution in [3.8, 4) is 0 Å². The maximum atomic E-state index is 14.0. The Morgan fingerprint density at radius 2 is 1.68 bits per heavy atom. The van der Waals surface area contributed by atoms with Crippen LogP contribution >= 0.6 is 0 Å². The number of nitrogens with zero attached hydrogens (tertiary/aromatic N) is 5. The normalized spacial score (nSPS) is 37.2. The van der Waals surface area contributed by atoms with Crippen LogP contribution in [-0.4, -0.2) is 199 Å². The van der Waals surface area contributed by atoms with Gasteiger partial charge in [-0.15, -0.1) is 5.10 Å². The molecule has 85 heavy (non-hydrogen) atoms. The van der Waals surface area contributed by atoms with E-state index in [1.165, 1.54) is 4.68 Å². The van der Waals surface area contributed by atoms with Crippen LogP contribution in [0.5, 0.6) is 0 Å². The van der Waals surface area contributed by atoms with Gasteiger partial charge in [-0.3, -0.25) is 14.4 Å². The Morgan fingerprint density at radius 3 is 2.35 bits per heavy atom. The highest BCUT2D eigenvalue weighted by molar-refractivity contribution is 6.74. The molecule has 2 bridgehead atoms. The van der Waals surface area contributed by atoms with Gasteiger partial charge in [0.2, 0.25) is 5.91 Å². The quantitative estimate of drug-likeness (QED) is 0.0879. The molecule has 4 fully saturated rings. The van der Waals surface area contributed by atoms with Crippen molar-refractivity contribution in [3.63, 3.8) is 0 Å². The van der Waals surface area contributed by atoms with Gasteiger partial charge >= 0.3 is 11.9 Å². The second kappa shape index (κ2) is 30.4. The zero-order valence-corrected chi connectivity index (χ0v) is 53.8. The molecule has 0 saturated carbocycles. The third kappa shape index (κ3) is 18.7. The van der Waals surface area contributed by atoms with E-state index in [9.17, 15) is 24.6 Å². The number of hydrogen-bond donors (Lipinski definition) is 4. The Morgan fingerprint density at radius 1 is 0.929 bits per heavy atom. The Balaban J connectivity index is 1.06. The second-order valence-corrected chi connectivity index (χ2v) is 30.7. The van der Waals surface area contributed by atoms with Crippen molar-refractivity contribution in [1.82, 2.24) is 30.2 Å². The Hall–Kier alpha value is -4.12. The van der Waals surface area contributed by atoms with E-state index >= 15 is 0 Å². The molecule has 24 heteroatoms. The highest BCUT2D eigenvalue weighted by Crippen LogP contribution is 2.44. The molecule has 478 valence electrons. The number of hydrogen-bond acceptors (Lipinski definition) is 21. The number of nitrogens with one attached hydrogen (secondary N) is 2. The summed E-state index contributed by atoms with van der Waals surface area (Å²) < 4.78 is 74.2. The minimum atomic E-state index is -2.51.